The quantitative estimate of drug-likeness (QED) is 0.634. The minimum Gasteiger partial charge on any atom is -0.369 e. The molecule has 70 valence electrons. The highest BCUT2D eigenvalue weighted by atomic mass is 15.2. The lowest BCUT2D eigenvalue weighted by molar-refractivity contribution is 0.710. The van der Waals surface area contributed by atoms with E-state index < -0.39 is 0 Å². The van der Waals surface area contributed by atoms with Gasteiger partial charge < -0.3 is 4.90 Å². The molecule has 1 aromatic carbocycles. The van der Waals surface area contributed by atoms with Gasteiger partial charge in [0.1, 0.15) is 0 Å². The third-order valence-corrected chi connectivity index (χ3v) is 2.79. The zero-order chi connectivity index (χ0) is 9.42. The largest absolute Gasteiger partial charge is 0.369 e. The van der Waals surface area contributed by atoms with E-state index in [-0.39, 0.29) is 0 Å². The van der Waals surface area contributed by atoms with Gasteiger partial charge in [-0.2, -0.15) is 0 Å². The van der Waals surface area contributed by atoms with Crippen LogP contribution >= 0.6 is 0 Å². The fraction of sp³-hybridized carbons (Fsp3) is 0.500. The average molecular weight is 175 g/mol. The number of nitrogens with zero attached hydrogens (tertiary/aromatic N) is 1. The van der Waals surface area contributed by atoms with Crippen molar-refractivity contribution in [2.24, 2.45) is 0 Å². The molecule has 0 radical (unpaired) electrons. The molecule has 1 aromatic rings. The molecule has 0 saturated heterocycles. The van der Waals surface area contributed by atoms with Crippen molar-refractivity contribution in [2.75, 3.05) is 11.4 Å². The molecule has 1 nitrogen and oxygen atoms in total. The van der Waals surface area contributed by atoms with Crippen LogP contribution in [0.2, 0.25) is 0 Å². The molecule has 0 aromatic heterocycles. The van der Waals surface area contributed by atoms with Crippen LogP contribution in [-0.2, 0) is 6.42 Å². The van der Waals surface area contributed by atoms with Crippen molar-refractivity contribution in [1.29, 1.82) is 0 Å². The van der Waals surface area contributed by atoms with E-state index in [4.69, 9.17) is 0 Å². The highest BCUT2D eigenvalue weighted by molar-refractivity contribution is 5.59. The molecule has 2 rings (SSSR count). The van der Waals surface area contributed by atoms with Crippen molar-refractivity contribution in [3.63, 3.8) is 0 Å². The number of hydrogen-bond acceptors (Lipinski definition) is 1. The van der Waals surface area contributed by atoms with Crippen LogP contribution in [0, 0.1) is 6.92 Å². The second kappa shape index (κ2) is 3.06. The van der Waals surface area contributed by atoms with Crippen molar-refractivity contribution in [2.45, 2.75) is 33.2 Å². The van der Waals surface area contributed by atoms with Crippen molar-refractivity contribution in [3.05, 3.63) is 29.3 Å². The van der Waals surface area contributed by atoms with Gasteiger partial charge in [-0.1, -0.05) is 17.7 Å². The summed E-state index contributed by atoms with van der Waals surface area (Å²) in [6.07, 6.45) is 1.22. The first-order chi connectivity index (χ1) is 6.18. The summed E-state index contributed by atoms with van der Waals surface area (Å²) >= 11 is 0. The molecule has 0 aliphatic carbocycles. The van der Waals surface area contributed by atoms with Gasteiger partial charge in [-0.15, -0.1) is 0 Å². The first kappa shape index (κ1) is 8.61. The Balaban J connectivity index is 2.38. The summed E-state index contributed by atoms with van der Waals surface area (Å²) in [6, 6.07) is 7.42. The summed E-state index contributed by atoms with van der Waals surface area (Å²) in [4.78, 5) is 2.48. The lowest BCUT2D eigenvalue weighted by Crippen LogP contribution is -2.28. The number of benzene rings is 1. The Labute approximate surface area is 80.4 Å². The standard InChI is InChI=1S/C12H17N/c1-9(2)13-7-6-11-8-10(3)4-5-12(11)13/h4-5,8-9H,6-7H2,1-3H3. The molecule has 0 unspecified atom stereocenters. The number of hydrogen-bond donors (Lipinski definition) is 0. The second-order valence-electron chi connectivity index (χ2n) is 4.17. The van der Waals surface area contributed by atoms with E-state index >= 15 is 0 Å². The Morgan fingerprint density at radius 2 is 2.08 bits per heavy atom. The van der Waals surface area contributed by atoms with E-state index in [0.717, 1.165) is 0 Å². The van der Waals surface area contributed by atoms with Crippen LogP contribution in [0.3, 0.4) is 0 Å². The first-order valence-electron chi connectivity index (χ1n) is 5.04. The van der Waals surface area contributed by atoms with Gasteiger partial charge in [0.25, 0.3) is 0 Å². The third-order valence-electron chi connectivity index (χ3n) is 2.79. The van der Waals surface area contributed by atoms with Crippen LogP contribution in [0.4, 0.5) is 5.69 Å². The molecular weight excluding hydrogens is 158 g/mol. The van der Waals surface area contributed by atoms with E-state index in [0.29, 0.717) is 6.04 Å². The Morgan fingerprint density at radius 3 is 2.77 bits per heavy atom. The van der Waals surface area contributed by atoms with Gasteiger partial charge >= 0.3 is 0 Å². The van der Waals surface area contributed by atoms with Crippen LogP contribution in [0.15, 0.2) is 18.2 Å². The number of anilines is 1. The molecule has 1 aliphatic heterocycles. The summed E-state index contributed by atoms with van der Waals surface area (Å²) in [5, 5.41) is 0. The topological polar surface area (TPSA) is 3.24 Å². The monoisotopic (exact) mass is 175 g/mol. The summed E-state index contributed by atoms with van der Waals surface area (Å²) < 4.78 is 0. The Bertz CT molecular complexity index is 315. The maximum absolute atomic E-state index is 2.48. The molecule has 0 bridgehead atoms. The molecule has 0 saturated carbocycles. The zero-order valence-electron chi connectivity index (χ0n) is 8.67. The van der Waals surface area contributed by atoms with E-state index in [2.05, 4.69) is 43.9 Å². The Kier molecular flexibility index (Phi) is 2.03. The fourth-order valence-corrected chi connectivity index (χ4v) is 2.09. The predicted molar refractivity (Wildman–Crippen MR) is 57.4 cm³/mol. The predicted octanol–water partition coefficient (Wildman–Crippen LogP) is 2.77. The van der Waals surface area contributed by atoms with Gasteiger partial charge in [0.15, 0.2) is 0 Å². The Hall–Kier alpha value is -0.980. The molecule has 0 N–H and O–H groups in total. The smallest absolute Gasteiger partial charge is 0.0402 e. The molecule has 1 aliphatic rings. The molecule has 1 heterocycles. The zero-order valence-corrected chi connectivity index (χ0v) is 8.67. The number of fused-ring (bicyclic) bond motifs is 1. The first-order valence-corrected chi connectivity index (χ1v) is 5.04. The highest BCUT2D eigenvalue weighted by Crippen LogP contribution is 2.29. The molecular formula is C12H17N. The van der Waals surface area contributed by atoms with Gasteiger partial charge in [0.2, 0.25) is 0 Å². The van der Waals surface area contributed by atoms with Gasteiger partial charge in [-0.3, -0.25) is 0 Å². The van der Waals surface area contributed by atoms with Crippen molar-refractivity contribution in [3.8, 4) is 0 Å². The van der Waals surface area contributed by atoms with Crippen molar-refractivity contribution >= 4 is 5.69 Å². The number of aryl methyl sites for hydroxylation is 1. The Morgan fingerprint density at radius 1 is 1.31 bits per heavy atom. The van der Waals surface area contributed by atoms with Crippen LogP contribution in [0.5, 0.6) is 0 Å². The average Bonchev–Trinajstić information content (AvgIpc) is 2.46. The summed E-state index contributed by atoms with van der Waals surface area (Å²) in [7, 11) is 0. The van der Waals surface area contributed by atoms with E-state index in [1.807, 2.05) is 0 Å². The highest BCUT2D eigenvalue weighted by Gasteiger charge is 2.20. The lowest BCUT2D eigenvalue weighted by atomic mass is 10.1. The van der Waals surface area contributed by atoms with Gasteiger partial charge in [0.05, 0.1) is 0 Å². The normalized spacial score (nSPS) is 15.2. The van der Waals surface area contributed by atoms with E-state index in [9.17, 15) is 0 Å². The molecule has 1 heteroatoms. The minimum atomic E-state index is 0.629. The van der Waals surface area contributed by atoms with Crippen molar-refractivity contribution in [1.82, 2.24) is 0 Å². The van der Waals surface area contributed by atoms with E-state index in [1.165, 1.54) is 29.8 Å². The molecule has 0 amide bonds. The van der Waals surface area contributed by atoms with E-state index in [1.54, 1.807) is 0 Å². The molecule has 0 fully saturated rings. The van der Waals surface area contributed by atoms with Crippen LogP contribution in [0.25, 0.3) is 0 Å². The van der Waals surface area contributed by atoms with Gasteiger partial charge in [0, 0.05) is 18.3 Å². The molecule has 0 atom stereocenters. The maximum Gasteiger partial charge on any atom is 0.0402 e. The molecule has 0 spiro atoms. The minimum absolute atomic E-state index is 0.629. The SMILES string of the molecule is Cc1ccc2c(c1)CCN2C(C)C. The van der Waals surface area contributed by atoms with Gasteiger partial charge in [-0.25, -0.2) is 0 Å². The fourth-order valence-electron chi connectivity index (χ4n) is 2.09. The maximum atomic E-state index is 2.48. The van der Waals surface area contributed by atoms with Gasteiger partial charge in [-0.05, 0) is 38.8 Å². The lowest BCUT2D eigenvalue weighted by Gasteiger charge is -2.23. The summed E-state index contributed by atoms with van der Waals surface area (Å²) in [5.74, 6) is 0. The van der Waals surface area contributed by atoms with Crippen LogP contribution in [0.1, 0.15) is 25.0 Å². The molecule has 13 heavy (non-hydrogen) atoms. The summed E-state index contributed by atoms with van der Waals surface area (Å²) in [5.41, 5.74) is 4.35. The van der Waals surface area contributed by atoms with Crippen LogP contribution < -0.4 is 4.90 Å². The summed E-state index contributed by atoms with van der Waals surface area (Å²) in [6.45, 7) is 7.87. The van der Waals surface area contributed by atoms with Crippen LogP contribution in [-0.4, -0.2) is 12.6 Å². The number of rotatable bonds is 1. The third kappa shape index (κ3) is 1.43. The van der Waals surface area contributed by atoms with Crippen molar-refractivity contribution < 1.29 is 0 Å². The second-order valence-corrected chi connectivity index (χ2v) is 4.17.